The predicted octanol–water partition coefficient (Wildman–Crippen LogP) is 1.85. The second kappa shape index (κ2) is 6.87. The number of amides is 1. The van der Waals surface area contributed by atoms with Crippen molar-refractivity contribution < 1.29 is 32.3 Å². The van der Waals surface area contributed by atoms with Gasteiger partial charge in [0.2, 0.25) is 5.82 Å². The Bertz CT molecular complexity index is 786. The standard InChI is InChI=1S/C14H12F4N4O3/c1-7-19-11(21-22(7)9-4-2-8(15)3-5-9)12(23)20-10(13(24)25)6-14(16,17)18/h2-5,10H,6H2,1H3,(H,20,23)(H,24,25)/t10-/m1/s1. The smallest absolute Gasteiger partial charge is 0.391 e. The molecule has 0 spiro atoms. The van der Waals surface area contributed by atoms with Crippen molar-refractivity contribution in [2.45, 2.75) is 25.6 Å². The molecule has 0 fully saturated rings. The summed E-state index contributed by atoms with van der Waals surface area (Å²) in [6, 6.07) is 2.87. The van der Waals surface area contributed by atoms with Crippen molar-refractivity contribution >= 4 is 11.9 Å². The third kappa shape index (κ3) is 4.75. The predicted molar refractivity (Wildman–Crippen MR) is 75.6 cm³/mol. The van der Waals surface area contributed by atoms with Crippen LogP contribution in [0.3, 0.4) is 0 Å². The Morgan fingerprint density at radius 3 is 2.40 bits per heavy atom. The van der Waals surface area contributed by atoms with Crippen LogP contribution in [-0.4, -0.2) is 44.0 Å². The highest BCUT2D eigenvalue weighted by Gasteiger charge is 2.37. The molecular weight excluding hydrogens is 348 g/mol. The van der Waals surface area contributed by atoms with Crippen molar-refractivity contribution in [1.82, 2.24) is 20.1 Å². The normalized spacial score (nSPS) is 12.7. The number of alkyl halides is 3. The summed E-state index contributed by atoms with van der Waals surface area (Å²) in [7, 11) is 0. The minimum Gasteiger partial charge on any atom is -0.480 e. The zero-order valence-electron chi connectivity index (χ0n) is 12.7. The molecule has 0 aliphatic heterocycles. The Kier molecular flexibility index (Phi) is 5.04. The number of nitrogens with one attached hydrogen (secondary N) is 1. The van der Waals surface area contributed by atoms with Crippen LogP contribution in [0.2, 0.25) is 0 Å². The minimum atomic E-state index is -4.77. The summed E-state index contributed by atoms with van der Waals surface area (Å²) >= 11 is 0. The van der Waals surface area contributed by atoms with Crippen LogP contribution in [0, 0.1) is 12.7 Å². The summed E-state index contributed by atoms with van der Waals surface area (Å²) in [5.74, 6) is -3.79. The van der Waals surface area contributed by atoms with Gasteiger partial charge in [0.05, 0.1) is 12.1 Å². The topological polar surface area (TPSA) is 97.1 Å². The number of aromatic nitrogens is 3. The van der Waals surface area contributed by atoms with Crippen LogP contribution < -0.4 is 5.32 Å². The first-order chi connectivity index (χ1) is 11.6. The van der Waals surface area contributed by atoms with E-state index in [0.717, 1.165) is 12.1 Å². The number of carbonyl (C=O) groups is 2. The fourth-order valence-corrected chi connectivity index (χ4v) is 1.97. The molecule has 0 aliphatic rings. The summed E-state index contributed by atoms with van der Waals surface area (Å²) in [5.41, 5.74) is 0.371. The van der Waals surface area contributed by atoms with Crippen LogP contribution in [0.15, 0.2) is 24.3 Å². The Hall–Kier alpha value is -2.98. The lowest BCUT2D eigenvalue weighted by atomic mass is 10.2. The maximum Gasteiger partial charge on any atom is 0.391 e. The SMILES string of the molecule is Cc1nc(C(=O)N[C@H](CC(F)(F)F)C(=O)O)nn1-c1ccc(F)cc1. The van der Waals surface area contributed by atoms with E-state index in [0.29, 0.717) is 5.69 Å². The van der Waals surface area contributed by atoms with Gasteiger partial charge in [-0.1, -0.05) is 0 Å². The Morgan fingerprint density at radius 1 is 1.28 bits per heavy atom. The lowest BCUT2D eigenvalue weighted by Gasteiger charge is -2.15. The summed E-state index contributed by atoms with van der Waals surface area (Å²) < 4.78 is 51.2. The van der Waals surface area contributed by atoms with Gasteiger partial charge in [-0.25, -0.2) is 18.9 Å². The van der Waals surface area contributed by atoms with E-state index in [1.807, 2.05) is 0 Å². The van der Waals surface area contributed by atoms with Gasteiger partial charge >= 0.3 is 12.1 Å². The number of carboxylic acid groups (broad SMARTS) is 1. The van der Waals surface area contributed by atoms with Crippen molar-refractivity contribution in [3.05, 3.63) is 41.7 Å². The van der Waals surface area contributed by atoms with E-state index in [2.05, 4.69) is 10.1 Å². The fourth-order valence-electron chi connectivity index (χ4n) is 1.97. The van der Waals surface area contributed by atoms with Gasteiger partial charge < -0.3 is 10.4 Å². The van der Waals surface area contributed by atoms with Crippen molar-refractivity contribution in [1.29, 1.82) is 0 Å². The molecule has 134 valence electrons. The molecule has 2 N–H and O–H groups in total. The summed E-state index contributed by atoms with van der Waals surface area (Å²) in [4.78, 5) is 26.6. The number of aryl methyl sites for hydroxylation is 1. The number of aliphatic carboxylic acids is 1. The lowest BCUT2D eigenvalue weighted by Crippen LogP contribution is -2.44. The fraction of sp³-hybridized carbons (Fsp3) is 0.286. The van der Waals surface area contributed by atoms with E-state index in [1.54, 1.807) is 5.32 Å². The Balaban J connectivity index is 2.21. The monoisotopic (exact) mass is 360 g/mol. The van der Waals surface area contributed by atoms with Gasteiger partial charge in [0.1, 0.15) is 17.7 Å². The van der Waals surface area contributed by atoms with E-state index in [4.69, 9.17) is 5.11 Å². The van der Waals surface area contributed by atoms with Gasteiger partial charge in [-0.15, -0.1) is 5.10 Å². The maximum atomic E-state index is 12.9. The van der Waals surface area contributed by atoms with Crippen molar-refractivity contribution in [3.63, 3.8) is 0 Å². The second-order valence-electron chi connectivity index (χ2n) is 5.05. The number of halogens is 4. The highest BCUT2D eigenvalue weighted by Crippen LogP contribution is 2.21. The van der Waals surface area contributed by atoms with Crippen LogP contribution in [0.1, 0.15) is 22.9 Å². The van der Waals surface area contributed by atoms with Crippen LogP contribution in [0.4, 0.5) is 17.6 Å². The first-order valence-electron chi connectivity index (χ1n) is 6.87. The van der Waals surface area contributed by atoms with E-state index in [1.165, 1.54) is 23.7 Å². The molecule has 0 bridgehead atoms. The van der Waals surface area contributed by atoms with Gasteiger partial charge in [-0.05, 0) is 31.2 Å². The number of carboxylic acids is 1. The zero-order chi connectivity index (χ0) is 18.8. The molecule has 0 unspecified atom stereocenters. The number of nitrogens with zero attached hydrogens (tertiary/aromatic N) is 3. The molecule has 0 aliphatic carbocycles. The molecule has 0 radical (unpaired) electrons. The number of carbonyl (C=O) groups excluding carboxylic acids is 1. The number of benzene rings is 1. The van der Waals surface area contributed by atoms with Gasteiger partial charge in [0.15, 0.2) is 0 Å². The molecule has 1 atom stereocenters. The van der Waals surface area contributed by atoms with Gasteiger partial charge in [0.25, 0.3) is 5.91 Å². The zero-order valence-corrected chi connectivity index (χ0v) is 12.7. The van der Waals surface area contributed by atoms with Gasteiger partial charge in [0, 0.05) is 0 Å². The Morgan fingerprint density at radius 2 is 1.88 bits per heavy atom. The summed E-state index contributed by atoms with van der Waals surface area (Å²) in [6.45, 7) is 1.47. The van der Waals surface area contributed by atoms with Gasteiger partial charge in [-0.2, -0.15) is 13.2 Å². The van der Waals surface area contributed by atoms with Crippen LogP contribution in [0.5, 0.6) is 0 Å². The molecule has 1 aromatic carbocycles. The summed E-state index contributed by atoms with van der Waals surface area (Å²) in [5, 5.41) is 14.3. The molecule has 2 aromatic rings. The third-order valence-electron chi connectivity index (χ3n) is 3.08. The third-order valence-corrected chi connectivity index (χ3v) is 3.08. The summed E-state index contributed by atoms with van der Waals surface area (Å²) in [6.07, 6.45) is -6.50. The first-order valence-corrected chi connectivity index (χ1v) is 6.87. The minimum absolute atomic E-state index is 0.208. The molecule has 1 heterocycles. The lowest BCUT2D eigenvalue weighted by molar-refractivity contribution is -0.157. The molecule has 11 heteroatoms. The van der Waals surface area contributed by atoms with Crippen molar-refractivity contribution in [3.8, 4) is 5.69 Å². The molecule has 1 aromatic heterocycles. The first kappa shape index (κ1) is 18.4. The molecular formula is C14H12F4N4O3. The molecule has 7 nitrogen and oxygen atoms in total. The number of hydrogen-bond acceptors (Lipinski definition) is 4. The van der Waals surface area contributed by atoms with Crippen molar-refractivity contribution in [2.75, 3.05) is 0 Å². The maximum absolute atomic E-state index is 12.9. The Labute approximate surface area is 138 Å². The highest BCUT2D eigenvalue weighted by molar-refractivity contribution is 5.93. The van der Waals surface area contributed by atoms with E-state index >= 15 is 0 Å². The molecule has 25 heavy (non-hydrogen) atoms. The molecule has 1 amide bonds. The largest absolute Gasteiger partial charge is 0.480 e. The molecule has 0 saturated carbocycles. The van der Waals surface area contributed by atoms with Crippen LogP contribution in [-0.2, 0) is 4.79 Å². The second-order valence-corrected chi connectivity index (χ2v) is 5.05. The van der Waals surface area contributed by atoms with E-state index in [-0.39, 0.29) is 5.82 Å². The molecule has 0 saturated heterocycles. The van der Waals surface area contributed by atoms with Crippen LogP contribution in [0.25, 0.3) is 5.69 Å². The van der Waals surface area contributed by atoms with E-state index in [9.17, 15) is 27.2 Å². The van der Waals surface area contributed by atoms with Gasteiger partial charge in [-0.3, -0.25) is 4.79 Å². The average molecular weight is 360 g/mol. The van der Waals surface area contributed by atoms with Crippen molar-refractivity contribution in [2.24, 2.45) is 0 Å². The van der Waals surface area contributed by atoms with E-state index < -0.39 is 42.2 Å². The molecule has 2 rings (SSSR count). The van der Waals surface area contributed by atoms with Crippen LogP contribution >= 0.6 is 0 Å². The number of hydrogen-bond donors (Lipinski definition) is 2. The quantitative estimate of drug-likeness (QED) is 0.793. The average Bonchev–Trinajstić information content (AvgIpc) is 2.88. The number of rotatable bonds is 5. The highest BCUT2D eigenvalue weighted by atomic mass is 19.4.